The van der Waals surface area contributed by atoms with Gasteiger partial charge in [-0.25, -0.2) is 9.67 Å². The molecule has 0 unspecified atom stereocenters. The average Bonchev–Trinajstić information content (AvgIpc) is 3.33. The van der Waals surface area contributed by atoms with Gasteiger partial charge in [0.25, 0.3) is 0 Å². The molecule has 8 heteroatoms. The van der Waals surface area contributed by atoms with E-state index < -0.39 is 0 Å². The maximum absolute atomic E-state index is 9.50. The van der Waals surface area contributed by atoms with E-state index >= 15 is 0 Å². The first-order valence-electron chi connectivity index (χ1n) is 11.4. The fourth-order valence-electron chi connectivity index (χ4n) is 5.17. The van der Waals surface area contributed by atoms with Crippen molar-refractivity contribution in [3.63, 3.8) is 0 Å². The van der Waals surface area contributed by atoms with Crippen molar-refractivity contribution in [1.82, 2.24) is 24.9 Å². The second-order valence-electron chi connectivity index (χ2n) is 9.69. The van der Waals surface area contributed by atoms with Crippen molar-refractivity contribution in [2.24, 2.45) is 17.8 Å². The molecule has 2 aromatic rings. The highest BCUT2D eigenvalue weighted by atomic mass is 16.5. The summed E-state index contributed by atoms with van der Waals surface area (Å²) < 4.78 is 8.53. The molecule has 31 heavy (non-hydrogen) atoms. The summed E-state index contributed by atoms with van der Waals surface area (Å²) in [5.41, 5.74) is 1.65. The van der Waals surface area contributed by atoms with Crippen molar-refractivity contribution < 1.29 is 4.74 Å². The van der Waals surface area contributed by atoms with Gasteiger partial charge in [0.05, 0.1) is 29.6 Å². The van der Waals surface area contributed by atoms with Crippen LogP contribution in [0.4, 0.5) is 5.82 Å². The van der Waals surface area contributed by atoms with E-state index in [1.807, 2.05) is 26.2 Å². The van der Waals surface area contributed by atoms with Crippen LogP contribution in [-0.2, 0) is 11.3 Å². The van der Waals surface area contributed by atoms with Crippen molar-refractivity contribution in [2.75, 3.05) is 38.7 Å². The summed E-state index contributed by atoms with van der Waals surface area (Å²) in [4.78, 5) is 8.93. The topological polar surface area (TPSA) is 83.1 Å². The van der Waals surface area contributed by atoms with E-state index in [0.717, 1.165) is 56.5 Å². The fraction of sp³-hybridized carbons (Fsp3) is 0.652. The average molecular weight is 422 g/mol. The van der Waals surface area contributed by atoms with Crippen LogP contribution < -0.4 is 4.90 Å². The van der Waals surface area contributed by atoms with Gasteiger partial charge in [0.2, 0.25) is 0 Å². The summed E-state index contributed by atoms with van der Waals surface area (Å²) in [6, 6.07) is 6.20. The van der Waals surface area contributed by atoms with Crippen LogP contribution in [-0.4, -0.2) is 64.8 Å². The lowest BCUT2D eigenvalue weighted by molar-refractivity contribution is -0.0375. The Labute approximate surface area is 183 Å². The number of nitriles is 1. The first-order chi connectivity index (χ1) is 15.1. The number of nitrogens with zero attached hydrogens (tertiary/aromatic N) is 7. The molecule has 5 rings (SSSR count). The SMILES string of the molecule is CN(C)Cc1cn([C@@H]2C[C@@H]3CN(c4ncccc4C#N)C[C@@H]3C[C@H]2OCC2CC2)nn1. The Kier molecular flexibility index (Phi) is 5.63. The van der Waals surface area contributed by atoms with Crippen molar-refractivity contribution in [3.05, 3.63) is 35.8 Å². The molecule has 2 aromatic heterocycles. The molecule has 3 heterocycles. The van der Waals surface area contributed by atoms with E-state index in [0.29, 0.717) is 17.4 Å². The van der Waals surface area contributed by atoms with E-state index in [2.05, 4.69) is 42.0 Å². The zero-order chi connectivity index (χ0) is 21.4. The number of ether oxygens (including phenoxy) is 1. The third-order valence-corrected chi connectivity index (χ3v) is 6.91. The molecule has 2 aliphatic carbocycles. The predicted molar refractivity (Wildman–Crippen MR) is 116 cm³/mol. The van der Waals surface area contributed by atoms with Gasteiger partial charge in [0, 0.05) is 32.4 Å². The lowest BCUT2D eigenvalue weighted by Gasteiger charge is -2.37. The van der Waals surface area contributed by atoms with Gasteiger partial charge in [0.15, 0.2) is 0 Å². The zero-order valence-electron chi connectivity index (χ0n) is 18.4. The number of hydrogen-bond donors (Lipinski definition) is 0. The van der Waals surface area contributed by atoms with Gasteiger partial charge in [0.1, 0.15) is 11.9 Å². The van der Waals surface area contributed by atoms with Gasteiger partial charge < -0.3 is 14.5 Å². The van der Waals surface area contributed by atoms with Gasteiger partial charge in [-0.1, -0.05) is 5.21 Å². The molecule has 2 saturated carbocycles. The molecule has 0 N–H and O–H groups in total. The first-order valence-corrected chi connectivity index (χ1v) is 11.4. The van der Waals surface area contributed by atoms with Gasteiger partial charge in [-0.2, -0.15) is 5.26 Å². The molecule has 0 radical (unpaired) electrons. The van der Waals surface area contributed by atoms with Crippen LogP contribution in [0.5, 0.6) is 0 Å². The summed E-state index contributed by atoms with van der Waals surface area (Å²) in [6.45, 7) is 3.52. The monoisotopic (exact) mass is 421 g/mol. The molecule has 4 atom stereocenters. The van der Waals surface area contributed by atoms with E-state index in [-0.39, 0.29) is 12.1 Å². The van der Waals surface area contributed by atoms with E-state index in [1.165, 1.54) is 12.8 Å². The second kappa shape index (κ2) is 8.56. The fourth-order valence-corrected chi connectivity index (χ4v) is 5.17. The Hall–Kier alpha value is -2.50. The van der Waals surface area contributed by atoms with Crippen LogP contribution in [0.3, 0.4) is 0 Å². The van der Waals surface area contributed by atoms with Gasteiger partial charge in [-0.05, 0) is 69.7 Å². The predicted octanol–water partition coefficient (Wildman–Crippen LogP) is 2.49. The maximum Gasteiger partial charge on any atom is 0.146 e. The highest BCUT2D eigenvalue weighted by Gasteiger charge is 2.45. The van der Waals surface area contributed by atoms with Crippen LogP contribution in [0.1, 0.15) is 43.0 Å². The molecule has 0 aromatic carbocycles. The summed E-state index contributed by atoms with van der Waals surface area (Å²) >= 11 is 0. The highest BCUT2D eigenvalue weighted by molar-refractivity contribution is 5.54. The van der Waals surface area contributed by atoms with Crippen LogP contribution >= 0.6 is 0 Å². The first kappa shape index (κ1) is 20.4. The molecule has 0 spiro atoms. The summed E-state index contributed by atoms with van der Waals surface area (Å²) in [5.74, 6) is 2.66. The van der Waals surface area contributed by atoms with Crippen molar-refractivity contribution in [2.45, 2.75) is 44.4 Å². The van der Waals surface area contributed by atoms with Crippen molar-refractivity contribution in [3.8, 4) is 6.07 Å². The van der Waals surface area contributed by atoms with Gasteiger partial charge in [-0.3, -0.25) is 0 Å². The number of anilines is 1. The normalized spacial score (nSPS) is 28.0. The van der Waals surface area contributed by atoms with E-state index in [4.69, 9.17) is 4.74 Å². The standard InChI is InChI=1S/C23H31N7O/c1-28(2)13-20-14-30(27-26-20)21-8-18-11-29(23-17(10-24)4-3-7-25-23)12-19(18)9-22(21)31-15-16-5-6-16/h3-4,7,14,16,18-19,21-22H,5-6,8-9,11-13,15H2,1-2H3/t18-,19+,21-,22-/m1/s1. The largest absolute Gasteiger partial charge is 0.376 e. The summed E-state index contributed by atoms with van der Waals surface area (Å²) in [6.07, 6.45) is 8.68. The molecule has 0 bridgehead atoms. The molecular weight excluding hydrogens is 390 g/mol. The van der Waals surface area contributed by atoms with Gasteiger partial charge >= 0.3 is 0 Å². The minimum atomic E-state index is 0.162. The Morgan fingerprint density at radius 1 is 1.23 bits per heavy atom. The second-order valence-corrected chi connectivity index (χ2v) is 9.69. The molecule has 164 valence electrons. The van der Waals surface area contributed by atoms with Crippen LogP contribution in [0.25, 0.3) is 0 Å². The molecular formula is C23H31N7O. The van der Waals surface area contributed by atoms with Crippen LogP contribution in [0.15, 0.2) is 24.5 Å². The number of rotatable bonds is 7. The Balaban J connectivity index is 1.35. The smallest absolute Gasteiger partial charge is 0.146 e. The highest BCUT2D eigenvalue weighted by Crippen LogP contribution is 2.44. The van der Waals surface area contributed by atoms with Crippen molar-refractivity contribution in [1.29, 1.82) is 5.26 Å². The Bertz CT molecular complexity index is 947. The third-order valence-electron chi connectivity index (χ3n) is 6.91. The van der Waals surface area contributed by atoms with Crippen LogP contribution in [0.2, 0.25) is 0 Å². The summed E-state index contributed by atoms with van der Waals surface area (Å²) in [7, 11) is 4.10. The zero-order valence-corrected chi connectivity index (χ0v) is 18.4. The number of pyridine rings is 1. The van der Waals surface area contributed by atoms with Crippen molar-refractivity contribution >= 4 is 5.82 Å². The molecule has 3 aliphatic rings. The molecule has 1 saturated heterocycles. The molecule has 1 aliphatic heterocycles. The lowest BCUT2D eigenvalue weighted by Crippen LogP contribution is -2.38. The Morgan fingerprint density at radius 2 is 2.03 bits per heavy atom. The minimum absolute atomic E-state index is 0.162. The molecule has 8 nitrogen and oxygen atoms in total. The number of hydrogen-bond acceptors (Lipinski definition) is 7. The third kappa shape index (κ3) is 4.43. The molecule has 3 fully saturated rings. The number of aromatic nitrogens is 4. The lowest BCUT2D eigenvalue weighted by atomic mass is 9.77. The Morgan fingerprint density at radius 3 is 2.77 bits per heavy atom. The van der Waals surface area contributed by atoms with E-state index in [1.54, 1.807) is 6.20 Å². The quantitative estimate of drug-likeness (QED) is 0.679. The van der Waals surface area contributed by atoms with Crippen LogP contribution in [0, 0.1) is 29.1 Å². The minimum Gasteiger partial charge on any atom is -0.376 e. The summed E-state index contributed by atoms with van der Waals surface area (Å²) in [5, 5.41) is 18.4. The van der Waals surface area contributed by atoms with Gasteiger partial charge in [-0.15, -0.1) is 5.10 Å². The maximum atomic E-state index is 9.50. The number of fused-ring (bicyclic) bond motifs is 1. The molecule has 0 amide bonds. The van der Waals surface area contributed by atoms with E-state index in [9.17, 15) is 5.26 Å².